The molecule has 3 aromatic rings. The van der Waals surface area contributed by atoms with Crippen LogP contribution >= 0.6 is 0 Å². The SMILES string of the molecule is Cc1c(Cc2ccc(-c3ccn(C)n3)cc2F)cc2c(c1C)CN([C@H]1CCC[C@@H]1CO)C2=O. The normalized spacial score (nSPS) is 20.0. The van der Waals surface area contributed by atoms with Crippen molar-refractivity contribution < 1.29 is 14.3 Å². The van der Waals surface area contributed by atoms with Crippen molar-refractivity contribution in [3.8, 4) is 11.3 Å². The van der Waals surface area contributed by atoms with Crippen LogP contribution in [0.25, 0.3) is 11.3 Å². The quantitative estimate of drug-likeness (QED) is 0.624. The van der Waals surface area contributed by atoms with Crippen molar-refractivity contribution >= 4 is 5.91 Å². The number of hydrogen-bond donors (Lipinski definition) is 1. The third-order valence-corrected chi connectivity index (χ3v) is 7.66. The Bertz CT molecular complexity index is 1230. The fourth-order valence-electron chi connectivity index (χ4n) is 5.55. The molecule has 2 atom stereocenters. The summed E-state index contributed by atoms with van der Waals surface area (Å²) in [6, 6.07) is 9.20. The first-order valence-corrected chi connectivity index (χ1v) is 11.7. The summed E-state index contributed by atoms with van der Waals surface area (Å²) < 4.78 is 16.7. The van der Waals surface area contributed by atoms with E-state index in [1.54, 1.807) is 4.68 Å². The molecule has 6 heteroatoms. The van der Waals surface area contributed by atoms with Crippen molar-refractivity contribution in [2.24, 2.45) is 13.0 Å². The molecule has 172 valence electrons. The van der Waals surface area contributed by atoms with Crippen molar-refractivity contribution in [1.29, 1.82) is 0 Å². The Labute approximate surface area is 193 Å². The second-order valence-corrected chi connectivity index (χ2v) is 9.54. The van der Waals surface area contributed by atoms with E-state index in [9.17, 15) is 9.90 Å². The van der Waals surface area contributed by atoms with Gasteiger partial charge in [0, 0.05) is 55.9 Å². The van der Waals surface area contributed by atoms with E-state index < -0.39 is 0 Å². The average molecular weight is 448 g/mol. The van der Waals surface area contributed by atoms with E-state index in [0.29, 0.717) is 18.5 Å². The van der Waals surface area contributed by atoms with E-state index >= 15 is 4.39 Å². The summed E-state index contributed by atoms with van der Waals surface area (Å²) >= 11 is 0. The predicted octanol–water partition coefficient (Wildman–Crippen LogP) is 4.55. The van der Waals surface area contributed by atoms with Crippen LogP contribution in [0.15, 0.2) is 36.5 Å². The monoisotopic (exact) mass is 447 g/mol. The van der Waals surface area contributed by atoms with Crippen molar-refractivity contribution in [3.05, 3.63) is 75.7 Å². The van der Waals surface area contributed by atoms with Gasteiger partial charge in [-0.15, -0.1) is 0 Å². The molecule has 2 aliphatic rings. The molecule has 1 aliphatic heterocycles. The number of benzene rings is 2. The van der Waals surface area contributed by atoms with Gasteiger partial charge in [0.05, 0.1) is 5.69 Å². The van der Waals surface area contributed by atoms with E-state index in [1.807, 2.05) is 42.4 Å². The average Bonchev–Trinajstić information content (AvgIpc) is 3.52. The molecule has 0 unspecified atom stereocenters. The lowest BCUT2D eigenvalue weighted by Crippen LogP contribution is -2.39. The number of hydrogen-bond acceptors (Lipinski definition) is 3. The number of aliphatic hydroxyl groups excluding tert-OH is 1. The number of aromatic nitrogens is 2. The van der Waals surface area contributed by atoms with Crippen LogP contribution in [-0.4, -0.2) is 38.3 Å². The number of fused-ring (bicyclic) bond motifs is 1. The summed E-state index contributed by atoms with van der Waals surface area (Å²) in [5, 5.41) is 14.1. The maximum atomic E-state index is 15.0. The van der Waals surface area contributed by atoms with E-state index in [2.05, 4.69) is 18.9 Å². The first-order valence-electron chi connectivity index (χ1n) is 11.7. The number of rotatable bonds is 5. The van der Waals surface area contributed by atoms with Crippen LogP contribution in [0.3, 0.4) is 0 Å². The van der Waals surface area contributed by atoms with E-state index in [4.69, 9.17) is 0 Å². The molecule has 0 bridgehead atoms. The van der Waals surface area contributed by atoms with Gasteiger partial charge in [-0.3, -0.25) is 9.48 Å². The van der Waals surface area contributed by atoms with E-state index in [1.165, 1.54) is 6.07 Å². The Balaban J connectivity index is 1.44. The topological polar surface area (TPSA) is 58.4 Å². The summed E-state index contributed by atoms with van der Waals surface area (Å²) in [6.45, 7) is 4.86. The van der Waals surface area contributed by atoms with Crippen molar-refractivity contribution in [3.63, 3.8) is 0 Å². The Morgan fingerprint density at radius 2 is 1.94 bits per heavy atom. The van der Waals surface area contributed by atoms with Crippen LogP contribution in [-0.2, 0) is 20.0 Å². The van der Waals surface area contributed by atoms with E-state index in [0.717, 1.165) is 58.3 Å². The first-order chi connectivity index (χ1) is 15.9. The van der Waals surface area contributed by atoms with Crippen LogP contribution < -0.4 is 0 Å². The number of amides is 1. The van der Waals surface area contributed by atoms with Crippen molar-refractivity contribution in [1.82, 2.24) is 14.7 Å². The molecule has 5 rings (SSSR count). The largest absolute Gasteiger partial charge is 0.396 e. The Hall–Kier alpha value is -2.99. The molecular weight excluding hydrogens is 417 g/mol. The van der Waals surface area contributed by atoms with Gasteiger partial charge >= 0.3 is 0 Å². The minimum absolute atomic E-state index is 0.0469. The fraction of sp³-hybridized carbons (Fsp3) is 0.407. The van der Waals surface area contributed by atoms with Gasteiger partial charge in [-0.05, 0) is 72.7 Å². The van der Waals surface area contributed by atoms with Crippen LogP contribution in [0.1, 0.15) is 57.4 Å². The molecule has 1 N–H and O–H groups in total. The van der Waals surface area contributed by atoms with Gasteiger partial charge < -0.3 is 10.0 Å². The summed E-state index contributed by atoms with van der Waals surface area (Å²) in [7, 11) is 1.84. The molecular formula is C27H30FN3O2. The van der Waals surface area contributed by atoms with Gasteiger partial charge in [-0.1, -0.05) is 18.6 Å². The zero-order valence-corrected chi connectivity index (χ0v) is 19.4. The standard InChI is InChI=1S/C27H30FN3O2/c1-16-17(2)23-14-31(26-6-4-5-20(26)15-32)27(33)22(23)12-21(16)11-18-7-8-19(13-24(18)28)25-9-10-30(3)29-25/h7-10,12-13,20,26,32H,4-6,11,14-15H2,1-3H3/t20-,26+/m1/s1. The molecule has 1 amide bonds. The van der Waals surface area contributed by atoms with Crippen LogP contribution in [0.2, 0.25) is 0 Å². The molecule has 2 heterocycles. The smallest absolute Gasteiger partial charge is 0.254 e. The van der Waals surface area contributed by atoms with Crippen molar-refractivity contribution in [2.75, 3.05) is 6.61 Å². The van der Waals surface area contributed by atoms with Gasteiger partial charge in [0.2, 0.25) is 0 Å². The van der Waals surface area contributed by atoms with Crippen molar-refractivity contribution in [2.45, 2.75) is 52.1 Å². The summed E-state index contributed by atoms with van der Waals surface area (Å²) in [5.74, 6) is -0.0538. The zero-order chi connectivity index (χ0) is 23.3. The highest BCUT2D eigenvalue weighted by molar-refractivity contribution is 5.99. The lowest BCUT2D eigenvalue weighted by Gasteiger charge is -2.28. The number of carbonyl (C=O) groups is 1. The minimum Gasteiger partial charge on any atom is -0.396 e. The third kappa shape index (κ3) is 3.76. The zero-order valence-electron chi connectivity index (χ0n) is 19.4. The number of aryl methyl sites for hydroxylation is 1. The first kappa shape index (κ1) is 21.8. The number of nitrogens with zero attached hydrogens (tertiary/aromatic N) is 3. The summed E-state index contributed by atoms with van der Waals surface area (Å²) in [6.07, 6.45) is 5.24. The molecule has 0 radical (unpaired) electrons. The molecule has 1 aromatic heterocycles. The van der Waals surface area contributed by atoms with Gasteiger partial charge in [-0.25, -0.2) is 4.39 Å². The lowest BCUT2D eigenvalue weighted by atomic mass is 9.91. The Morgan fingerprint density at radius 3 is 2.64 bits per heavy atom. The van der Waals surface area contributed by atoms with Gasteiger partial charge in [0.25, 0.3) is 5.91 Å². The predicted molar refractivity (Wildman–Crippen MR) is 125 cm³/mol. The summed E-state index contributed by atoms with van der Waals surface area (Å²) in [4.78, 5) is 15.3. The van der Waals surface area contributed by atoms with Crippen LogP contribution in [0.4, 0.5) is 4.39 Å². The van der Waals surface area contributed by atoms with Gasteiger partial charge in [0.1, 0.15) is 5.82 Å². The second-order valence-electron chi connectivity index (χ2n) is 9.54. The maximum absolute atomic E-state index is 15.0. The second kappa shape index (κ2) is 8.41. The molecule has 1 fully saturated rings. The third-order valence-electron chi connectivity index (χ3n) is 7.66. The molecule has 0 saturated heterocycles. The summed E-state index contributed by atoms with van der Waals surface area (Å²) in [5.41, 5.74) is 7.12. The molecule has 1 saturated carbocycles. The minimum atomic E-state index is -0.264. The lowest BCUT2D eigenvalue weighted by molar-refractivity contribution is 0.0612. The highest BCUT2D eigenvalue weighted by atomic mass is 19.1. The molecule has 5 nitrogen and oxygen atoms in total. The number of carbonyl (C=O) groups excluding carboxylic acids is 1. The molecule has 2 aromatic carbocycles. The Morgan fingerprint density at radius 1 is 1.12 bits per heavy atom. The number of halogens is 1. The molecule has 1 aliphatic carbocycles. The van der Waals surface area contributed by atoms with Gasteiger partial charge in [0.15, 0.2) is 0 Å². The highest BCUT2D eigenvalue weighted by Gasteiger charge is 2.39. The maximum Gasteiger partial charge on any atom is 0.254 e. The Kier molecular flexibility index (Phi) is 5.57. The highest BCUT2D eigenvalue weighted by Crippen LogP contribution is 2.38. The van der Waals surface area contributed by atoms with Gasteiger partial charge in [-0.2, -0.15) is 5.10 Å². The molecule has 33 heavy (non-hydrogen) atoms. The van der Waals surface area contributed by atoms with E-state index in [-0.39, 0.29) is 30.3 Å². The van der Waals surface area contributed by atoms with Crippen LogP contribution in [0.5, 0.6) is 0 Å². The number of aliphatic hydroxyl groups is 1. The molecule has 0 spiro atoms. The fourth-order valence-corrected chi connectivity index (χ4v) is 5.55. The van der Waals surface area contributed by atoms with Crippen LogP contribution in [0, 0.1) is 25.6 Å².